The normalized spacial score (nSPS) is 11.1. The van der Waals surface area contributed by atoms with Crippen molar-refractivity contribution >= 4 is 39.2 Å². The minimum Gasteiger partial charge on any atom is -0.330 e. The van der Waals surface area contributed by atoms with Crippen LogP contribution in [-0.2, 0) is 0 Å². The molecule has 0 bridgehead atoms. The minimum absolute atomic E-state index is 0.317. The molecule has 0 amide bonds. The highest BCUT2D eigenvalue weighted by Gasteiger charge is 2.10. The van der Waals surface area contributed by atoms with Crippen molar-refractivity contribution in [3.8, 4) is 5.69 Å². The largest absolute Gasteiger partial charge is 0.330 e. The molecule has 0 atom stereocenters. The molecular formula is C13H7BrF2N2S. The third-order valence-corrected chi connectivity index (χ3v) is 3.70. The summed E-state index contributed by atoms with van der Waals surface area (Å²) < 4.78 is 29.0. The van der Waals surface area contributed by atoms with E-state index in [4.69, 9.17) is 12.2 Å². The molecule has 0 spiro atoms. The van der Waals surface area contributed by atoms with Crippen LogP contribution in [0.4, 0.5) is 8.78 Å². The van der Waals surface area contributed by atoms with Crippen molar-refractivity contribution in [1.82, 2.24) is 9.55 Å². The third kappa shape index (κ3) is 2.11. The van der Waals surface area contributed by atoms with Crippen LogP contribution in [0.5, 0.6) is 0 Å². The zero-order valence-electron chi connectivity index (χ0n) is 9.45. The lowest BCUT2D eigenvalue weighted by Gasteiger charge is -2.05. The Labute approximate surface area is 120 Å². The lowest BCUT2D eigenvalue weighted by atomic mass is 10.2. The quantitative estimate of drug-likeness (QED) is 0.635. The molecule has 0 unspecified atom stereocenters. The molecular weight excluding hydrogens is 334 g/mol. The lowest BCUT2D eigenvalue weighted by Crippen LogP contribution is -1.94. The number of hydrogen-bond acceptors (Lipinski definition) is 1. The first kappa shape index (κ1) is 12.5. The summed E-state index contributed by atoms with van der Waals surface area (Å²) in [4.78, 5) is 2.93. The van der Waals surface area contributed by atoms with E-state index in [1.165, 1.54) is 18.2 Å². The summed E-state index contributed by atoms with van der Waals surface area (Å²) >= 11 is 8.38. The molecule has 2 aromatic carbocycles. The molecule has 0 aliphatic carbocycles. The van der Waals surface area contributed by atoms with Crippen LogP contribution in [0.1, 0.15) is 0 Å². The van der Waals surface area contributed by atoms with Crippen molar-refractivity contribution in [3.05, 3.63) is 57.3 Å². The summed E-state index contributed by atoms with van der Waals surface area (Å²) in [6.07, 6.45) is 0. The molecule has 1 N–H and O–H groups in total. The van der Waals surface area contributed by atoms with E-state index in [-0.39, 0.29) is 11.6 Å². The van der Waals surface area contributed by atoms with Gasteiger partial charge in [-0.3, -0.25) is 4.57 Å². The van der Waals surface area contributed by atoms with E-state index in [0.29, 0.717) is 14.8 Å². The third-order valence-electron chi connectivity index (χ3n) is 2.81. The van der Waals surface area contributed by atoms with Gasteiger partial charge in [-0.15, -0.1) is 0 Å². The number of imidazole rings is 1. The Balaban J connectivity index is 2.34. The maximum absolute atomic E-state index is 13.5. The maximum atomic E-state index is 13.5. The highest BCUT2D eigenvalue weighted by atomic mass is 79.9. The van der Waals surface area contributed by atoms with Gasteiger partial charge >= 0.3 is 0 Å². The van der Waals surface area contributed by atoms with Gasteiger partial charge in [-0.2, -0.15) is 0 Å². The number of fused-ring (bicyclic) bond motifs is 1. The average Bonchev–Trinajstić information content (AvgIpc) is 2.67. The summed E-state index contributed by atoms with van der Waals surface area (Å²) in [6, 6.07) is 8.96. The zero-order chi connectivity index (χ0) is 13.6. The number of aromatic amines is 1. The number of benzene rings is 2. The van der Waals surface area contributed by atoms with Gasteiger partial charge < -0.3 is 4.98 Å². The van der Waals surface area contributed by atoms with Gasteiger partial charge in [-0.25, -0.2) is 8.78 Å². The molecule has 2 nitrogen and oxygen atoms in total. The lowest BCUT2D eigenvalue weighted by molar-refractivity contribution is 0.623. The van der Waals surface area contributed by atoms with E-state index in [0.717, 1.165) is 11.2 Å². The molecule has 0 aliphatic rings. The highest BCUT2D eigenvalue weighted by molar-refractivity contribution is 9.10. The molecule has 19 heavy (non-hydrogen) atoms. The first-order valence-corrected chi connectivity index (χ1v) is 6.62. The monoisotopic (exact) mass is 340 g/mol. The predicted octanol–water partition coefficient (Wildman–Crippen LogP) is 4.73. The first-order valence-electron chi connectivity index (χ1n) is 5.42. The van der Waals surface area contributed by atoms with E-state index in [1.54, 1.807) is 22.8 Å². The highest BCUT2D eigenvalue weighted by Crippen LogP contribution is 2.25. The second-order valence-electron chi connectivity index (χ2n) is 4.03. The minimum atomic E-state index is -0.366. The average molecular weight is 341 g/mol. The number of rotatable bonds is 1. The zero-order valence-corrected chi connectivity index (χ0v) is 11.9. The molecule has 1 heterocycles. The summed E-state index contributed by atoms with van der Waals surface area (Å²) in [5, 5.41) is 0. The van der Waals surface area contributed by atoms with E-state index in [1.807, 2.05) is 0 Å². The number of nitrogens with one attached hydrogen (secondary N) is 1. The fourth-order valence-corrected chi connectivity index (χ4v) is 2.59. The Bertz CT molecular complexity index is 821. The van der Waals surface area contributed by atoms with Crippen molar-refractivity contribution in [2.24, 2.45) is 0 Å². The number of hydrogen-bond donors (Lipinski definition) is 1. The maximum Gasteiger partial charge on any atom is 0.182 e. The van der Waals surface area contributed by atoms with Crippen LogP contribution in [0.3, 0.4) is 0 Å². The summed E-state index contributed by atoms with van der Waals surface area (Å²) in [6.45, 7) is 0. The summed E-state index contributed by atoms with van der Waals surface area (Å²) in [5.74, 6) is -0.683. The smallest absolute Gasteiger partial charge is 0.182 e. The van der Waals surface area contributed by atoms with E-state index < -0.39 is 0 Å². The van der Waals surface area contributed by atoms with Crippen LogP contribution in [0, 0.1) is 16.4 Å². The molecule has 96 valence electrons. The van der Waals surface area contributed by atoms with E-state index >= 15 is 0 Å². The Hall–Kier alpha value is -1.53. The van der Waals surface area contributed by atoms with Crippen LogP contribution in [0.2, 0.25) is 0 Å². The molecule has 1 aromatic heterocycles. The summed E-state index contributed by atoms with van der Waals surface area (Å²) in [7, 11) is 0. The van der Waals surface area contributed by atoms with Gasteiger partial charge in [0.2, 0.25) is 0 Å². The van der Waals surface area contributed by atoms with Crippen molar-refractivity contribution in [2.75, 3.05) is 0 Å². The Morgan fingerprint density at radius 2 is 1.79 bits per heavy atom. The van der Waals surface area contributed by atoms with Gasteiger partial charge in [0.25, 0.3) is 0 Å². The molecule has 3 aromatic rings. The Morgan fingerprint density at radius 1 is 1.11 bits per heavy atom. The molecule has 0 saturated carbocycles. The van der Waals surface area contributed by atoms with Crippen molar-refractivity contribution < 1.29 is 8.78 Å². The van der Waals surface area contributed by atoms with Gasteiger partial charge in [-0.1, -0.05) is 0 Å². The van der Waals surface area contributed by atoms with Crippen molar-refractivity contribution in [3.63, 3.8) is 0 Å². The van der Waals surface area contributed by atoms with E-state index in [2.05, 4.69) is 20.9 Å². The van der Waals surface area contributed by atoms with Crippen molar-refractivity contribution in [1.29, 1.82) is 0 Å². The fourth-order valence-electron chi connectivity index (χ4n) is 1.95. The van der Waals surface area contributed by atoms with Crippen LogP contribution < -0.4 is 0 Å². The second kappa shape index (κ2) is 4.54. The Kier molecular flexibility index (Phi) is 2.99. The predicted molar refractivity (Wildman–Crippen MR) is 76.1 cm³/mol. The van der Waals surface area contributed by atoms with E-state index in [9.17, 15) is 8.78 Å². The van der Waals surface area contributed by atoms with Crippen LogP contribution in [0.15, 0.2) is 40.9 Å². The molecule has 0 radical (unpaired) electrons. The standard InChI is InChI=1S/C13H7BrF2N2S/c14-9-5-12-11(6-10(9)16)17-13(19)18(12)8-3-1-7(15)2-4-8/h1-6H,(H,17,19). The Morgan fingerprint density at radius 3 is 2.47 bits per heavy atom. The van der Waals surface area contributed by atoms with Gasteiger partial charge in [0.05, 0.1) is 15.5 Å². The number of halogens is 3. The second-order valence-corrected chi connectivity index (χ2v) is 5.27. The van der Waals surface area contributed by atoms with Crippen LogP contribution in [0.25, 0.3) is 16.7 Å². The van der Waals surface area contributed by atoms with Gasteiger partial charge in [0, 0.05) is 11.8 Å². The topological polar surface area (TPSA) is 20.7 Å². The molecule has 0 aliphatic heterocycles. The van der Waals surface area contributed by atoms with Gasteiger partial charge in [0.15, 0.2) is 4.77 Å². The van der Waals surface area contributed by atoms with Crippen molar-refractivity contribution in [2.45, 2.75) is 0 Å². The molecule has 0 fully saturated rings. The van der Waals surface area contributed by atoms with Crippen LogP contribution in [-0.4, -0.2) is 9.55 Å². The molecule has 0 saturated heterocycles. The number of aromatic nitrogens is 2. The molecule has 3 rings (SSSR count). The van der Waals surface area contributed by atoms with Crippen LogP contribution >= 0.6 is 28.1 Å². The van der Waals surface area contributed by atoms with Gasteiger partial charge in [0.1, 0.15) is 11.6 Å². The molecule has 6 heteroatoms. The summed E-state index contributed by atoms with van der Waals surface area (Å²) in [5.41, 5.74) is 2.04. The first-order chi connectivity index (χ1) is 9.06. The fraction of sp³-hybridized carbons (Fsp3) is 0. The SMILES string of the molecule is Fc1ccc(-n2c(=S)[nH]c3cc(F)c(Br)cc32)cc1. The number of nitrogens with zero attached hydrogens (tertiary/aromatic N) is 1. The number of H-pyrrole nitrogens is 1. The van der Waals surface area contributed by atoms with Gasteiger partial charge in [-0.05, 0) is 58.5 Å².